The standard InChI is InChI=1S/C11H15ClN2O2/c1-3-14-9(8(12)6-13-14)10(15)11-7(2)4-5-16-11/h6-7,11H,3-5H2,1-2H3. The first-order valence-electron chi connectivity index (χ1n) is 5.52. The number of aryl methyl sites for hydroxylation is 1. The molecule has 1 saturated heterocycles. The maximum absolute atomic E-state index is 12.2. The van der Waals surface area contributed by atoms with Crippen LogP contribution in [0.1, 0.15) is 30.8 Å². The van der Waals surface area contributed by atoms with Crippen molar-refractivity contribution in [3.63, 3.8) is 0 Å². The van der Waals surface area contributed by atoms with E-state index < -0.39 is 0 Å². The minimum Gasteiger partial charge on any atom is -0.370 e. The number of ether oxygens (including phenoxy) is 1. The summed E-state index contributed by atoms with van der Waals surface area (Å²) in [6.07, 6.45) is 2.08. The highest BCUT2D eigenvalue weighted by atomic mass is 35.5. The zero-order valence-corrected chi connectivity index (χ0v) is 10.2. The number of ketones is 1. The van der Waals surface area contributed by atoms with E-state index in [9.17, 15) is 4.79 Å². The fraction of sp³-hybridized carbons (Fsp3) is 0.636. The van der Waals surface area contributed by atoms with Crippen molar-refractivity contribution in [3.8, 4) is 0 Å². The molecule has 0 spiro atoms. The van der Waals surface area contributed by atoms with Crippen LogP contribution >= 0.6 is 11.6 Å². The maximum Gasteiger partial charge on any atom is 0.211 e. The number of hydrogen-bond acceptors (Lipinski definition) is 3. The summed E-state index contributed by atoms with van der Waals surface area (Å²) in [4.78, 5) is 12.2. The second kappa shape index (κ2) is 4.55. The van der Waals surface area contributed by atoms with Crippen LogP contribution in [0.3, 0.4) is 0 Å². The smallest absolute Gasteiger partial charge is 0.211 e. The van der Waals surface area contributed by atoms with Crippen LogP contribution in [0.2, 0.25) is 5.02 Å². The Morgan fingerprint density at radius 3 is 3.06 bits per heavy atom. The lowest BCUT2D eigenvalue weighted by Crippen LogP contribution is -2.27. The maximum atomic E-state index is 12.2. The van der Waals surface area contributed by atoms with E-state index in [0.717, 1.165) is 6.42 Å². The number of hydrogen-bond donors (Lipinski definition) is 0. The predicted octanol–water partition coefficient (Wildman–Crippen LogP) is 2.16. The summed E-state index contributed by atoms with van der Waals surface area (Å²) >= 11 is 5.98. The third kappa shape index (κ3) is 1.87. The summed E-state index contributed by atoms with van der Waals surface area (Å²) in [5.41, 5.74) is 0.475. The van der Waals surface area contributed by atoms with Crippen LogP contribution in [0.4, 0.5) is 0 Å². The fourth-order valence-electron chi connectivity index (χ4n) is 2.01. The monoisotopic (exact) mass is 242 g/mol. The number of rotatable bonds is 3. The lowest BCUT2D eigenvalue weighted by Gasteiger charge is -2.14. The molecule has 2 unspecified atom stereocenters. The van der Waals surface area contributed by atoms with E-state index in [2.05, 4.69) is 5.10 Å². The molecule has 0 aromatic carbocycles. The highest BCUT2D eigenvalue weighted by Gasteiger charge is 2.34. The van der Waals surface area contributed by atoms with Gasteiger partial charge in [-0.15, -0.1) is 0 Å². The molecule has 0 bridgehead atoms. The fourth-order valence-corrected chi connectivity index (χ4v) is 2.25. The third-order valence-corrected chi connectivity index (χ3v) is 3.25. The molecule has 88 valence electrons. The zero-order valence-electron chi connectivity index (χ0n) is 9.44. The lowest BCUT2D eigenvalue weighted by atomic mass is 9.99. The molecule has 0 N–H and O–H groups in total. The van der Waals surface area contributed by atoms with Crippen molar-refractivity contribution in [1.29, 1.82) is 0 Å². The molecule has 1 aromatic heterocycles. The Kier molecular flexibility index (Phi) is 3.30. The van der Waals surface area contributed by atoms with Crippen molar-refractivity contribution in [2.45, 2.75) is 32.9 Å². The van der Waals surface area contributed by atoms with E-state index in [1.165, 1.54) is 6.20 Å². The largest absolute Gasteiger partial charge is 0.370 e. The molecule has 0 saturated carbocycles. The van der Waals surface area contributed by atoms with Gasteiger partial charge >= 0.3 is 0 Å². The number of halogens is 1. The average Bonchev–Trinajstić information content (AvgIpc) is 2.83. The van der Waals surface area contributed by atoms with Crippen molar-refractivity contribution in [2.75, 3.05) is 6.61 Å². The first-order chi connectivity index (χ1) is 7.65. The molecule has 16 heavy (non-hydrogen) atoms. The van der Waals surface area contributed by atoms with E-state index in [-0.39, 0.29) is 17.8 Å². The van der Waals surface area contributed by atoms with Crippen molar-refractivity contribution in [3.05, 3.63) is 16.9 Å². The number of nitrogens with zero attached hydrogens (tertiary/aromatic N) is 2. The Balaban J connectivity index is 2.29. The molecular formula is C11H15ClN2O2. The molecule has 2 rings (SSSR count). The number of aromatic nitrogens is 2. The molecule has 1 fully saturated rings. The molecule has 2 atom stereocenters. The van der Waals surface area contributed by atoms with Gasteiger partial charge in [-0.2, -0.15) is 5.10 Å². The van der Waals surface area contributed by atoms with Gasteiger partial charge < -0.3 is 4.74 Å². The van der Waals surface area contributed by atoms with Crippen molar-refractivity contribution in [1.82, 2.24) is 9.78 Å². The van der Waals surface area contributed by atoms with Crippen LogP contribution in [0, 0.1) is 5.92 Å². The Morgan fingerprint density at radius 1 is 1.75 bits per heavy atom. The van der Waals surface area contributed by atoms with E-state index >= 15 is 0 Å². The van der Waals surface area contributed by atoms with E-state index in [1.54, 1.807) is 4.68 Å². The number of Topliss-reactive ketones (excluding diaryl/α,β-unsaturated/α-hetero) is 1. The summed E-state index contributed by atoms with van der Waals surface area (Å²) < 4.78 is 7.08. The summed E-state index contributed by atoms with van der Waals surface area (Å²) in [5, 5.41) is 4.47. The molecule has 1 aromatic rings. The van der Waals surface area contributed by atoms with Gasteiger partial charge in [0.15, 0.2) is 0 Å². The molecule has 5 heteroatoms. The van der Waals surface area contributed by atoms with Gasteiger partial charge in [0, 0.05) is 13.2 Å². The van der Waals surface area contributed by atoms with Crippen molar-refractivity contribution >= 4 is 17.4 Å². The predicted molar refractivity (Wildman–Crippen MR) is 60.8 cm³/mol. The summed E-state index contributed by atoms with van der Waals surface area (Å²) in [6, 6.07) is 0. The first kappa shape index (κ1) is 11.6. The third-order valence-electron chi connectivity index (χ3n) is 2.97. The highest BCUT2D eigenvalue weighted by molar-refractivity contribution is 6.33. The van der Waals surface area contributed by atoms with Crippen LogP contribution in [0.15, 0.2) is 6.20 Å². The Labute approximate surface area is 99.5 Å². The van der Waals surface area contributed by atoms with Gasteiger partial charge in [-0.05, 0) is 19.3 Å². The van der Waals surface area contributed by atoms with Crippen LogP contribution < -0.4 is 0 Å². The molecule has 1 aliphatic heterocycles. The van der Waals surface area contributed by atoms with Gasteiger partial charge in [0.25, 0.3) is 0 Å². The number of carbonyl (C=O) groups excluding carboxylic acids is 1. The SMILES string of the molecule is CCn1ncc(Cl)c1C(=O)C1OCCC1C. The van der Waals surface area contributed by atoms with E-state index in [4.69, 9.17) is 16.3 Å². The second-order valence-electron chi connectivity index (χ2n) is 4.08. The van der Waals surface area contributed by atoms with Crippen molar-refractivity contribution in [2.24, 2.45) is 5.92 Å². The van der Waals surface area contributed by atoms with Gasteiger partial charge in [-0.3, -0.25) is 9.48 Å². The van der Waals surface area contributed by atoms with Gasteiger partial charge in [0.05, 0.1) is 11.2 Å². The van der Waals surface area contributed by atoms with E-state index in [0.29, 0.717) is 23.9 Å². The molecule has 0 amide bonds. The normalized spacial score (nSPS) is 24.9. The molecule has 0 radical (unpaired) electrons. The molecule has 1 aliphatic rings. The molecular weight excluding hydrogens is 228 g/mol. The lowest BCUT2D eigenvalue weighted by molar-refractivity contribution is 0.0569. The van der Waals surface area contributed by atoms with Gasteiger partial charge in [0.1, 0.15) is 11.8 Å². The highest BCUT2D eigenvalue weighted by Crippen LogP contribution is 2.26. The quantitative estimate of drug-likeness (QED) is 0.763. The van der Waals surface area contributed by atoms with Crippen LogP contribution in [-0.4, -0.2) is 28.3 Å². The molecule has 2 heterocycles. The minimum atomic E-state index is -0.362. The first-order valence-corrected chi connectivity index (χ1v) is 5.90. The zero-order chi connectivity index (χ0) is 11.7. The summed E-state index contributed by atoms with van der Waals surface area (Å²) in [6.45, 7) is 5.24. The summed E-state index contributed by atoms with van der Waals surface area (Å²) in [7, 11) is 0. The van der Waals surface area contributed by atoms with E-state index in [1.807, 2.05) is 13.8 Å². The van der Waals surface area contributed by atoms with Crippen molar-refractivity contribution < 1.29 is 9.53 Å². The van der Waals surface area contributed by atoms with Gasteiger partial charge in [0.2, 0.25) is 5.78 Å². The van der Waals surface area contributed by atoms with Crippen LogP contribution in [-0.2, 0) is 11.3 Å². The summed E-state index contributed by atoms with van der Waals surface area (Å²) in [5.74, 6) is 0.207. The minimum absolute atomic E-state index is 0.0469. The second-order valence-corrected chi connectivity index (χ2v) is 4.49. The topological polar surface area (TPSA) is 44.1 Å². The Bertz CT molecular complexity index is 403. The molecule has 4 nitrogen and oxygen atoms in total. The Morgan fingerprint density at radius 2 is 2.50 bits per heavy atom. The van der Waals surface area contributed by atoms with Gasteiger partial charge in [-0.1, -0.05) is 18.5 Å². The molecule has 0 aliphatic carbocycles. The van der Waals surface area contributed by atoms with Crippen LogP contribution in [0.25, 0.3) is 0 Å². The Hall–Kier alpha value is -0.870. The van der Waals surface area contributed by atoms with Crippen LogP contribution in [0.5, 0.6) is 0 Å². The van der Waals surface area contributed by atoms with Gasteiger partial charge in [-0.25, -0.2) is 0 Å². The number of carbonyl (C=O) groups is 1. The average molecular weight is 243 g/mol.